The molecule has 0 aliphatic carbocycles. The number of rotatable bonds is 4. The van der Waals surface area contributed by atoms with Gasteiger partial charge in [0.05, 0.1) is 0 Å². The van der Waals surface area contributed by atoms with Crippen LogP contribution >= 0.6 is 0 Å². The summed E-state index contributed by atoms with van der Waals surface area (Å²) in [5.74, 6) is -1.09. The van der Waals surface area contributed by atoms with Crippen LogP contribution in [0.25, 0.3) is 0 Å². The Bertz CT molecular complexity index is 492. The van der Waals surface area contributed by atoms with E-state index in [1.165, 1.54) is 0 Å². The molecule has 1 atom stereocenters. The number of carbonyl (C=O) groups excluding carboxylic acids is 1. The van der Waals surface area contributed by atoms with Crippen molar-refractivity contribution >= 4 is 12.1 Å². The van der Waals surface area contributed by atoms with Gasteiger partial charge in [-0.25, -0.2) is 9.59 Å². The van der Waals surface area contributed by atoms with Gasteiger partial charge in [0.25, 0.3) is 0 Å². The van der Waals surface area contributed by atoms with Gasteiger partial charge in [-0.1, -0.05) is 57.5 Å². The van der Waals surface area contributed by atoms with E-state index in [1.54, 1.807) is 20.8 Å². The number of carbonyl (C=O) groups is 2. The number of benzene rings is 1. The normalized spacial score (nSPS) is 11.0. The van der Waals surface area contributed by atoms with Crippen LogP contribution in [-0.2, 0) is 16.0 Å². The lowest BCUT2D eigenvalue weighted by molar-refractivity contribution is -0.139. The largest absolute Gasteiger partial charge is 0.480 e. The summed E-state index contributed by atoms with van der Waals surface area (Å²) < 4.78 is 5.07. The first-order valence-electron chi connectivity index (χ1n) is 8.45. The topological polar surface area (TPSA) is 75.6 Å². The van der Waals surface area contributed by atoms with E-state index in [0.717, 1.165) is 11.1 Å². The number of aliphatic carboxylic acids is 1. The maximum Gasteiger partial charge on any atom is 0.408 e. The Labute approximate surface area is 146 Å². The fraction of sp³-hybridized carbons (Fsp3) is 0.579. The van der Waals surface area contributed by atoms with Crippen molar-refractivity contribution in [3.8, 4) is 0 Å². The van der Waals surface area contributed by atoms with Crippen molar-refractivity contribution in [2.75, 3.05) is 0 Å². The fourth-order valence-electron chi connectivity index (χ4n) is 1.72. The van der Waals surface area contributed by atoms with Gasteiger partial charge in [0.2, 0.25) is 0 Å². The molecule has 0 heterocycles. The number of aryl methyl sites for hydroxylation is 1. The smallest absolute Gasteiger partial charge is 0.408 e. The van der Waals surface area contributed by atoms with E-state index < -0.39 is 23.7 Å². The Balaban J connectivity index is 0. The minimum absolute atomic E-state index is 0.219. The van der Waals surface area contributed by atoms with Gasteiger partial charge in [-0.3, -0.25) is 0 Å². The molecule has 0 saturated carbocycles. The number of carboxylic acids is 1. The Hall–Kier alpha value is -2.04. The molecule has 24 heavy (non-hydrogen) atoms. The Morgan fingerprint density at radius 3 is 2.12 bits per heavy atom. The average molecular weight is 339 g/mol. The Morgan fingerprint density at radius 1 is 1.17 bits per heavy atom. The molecule has 0 bridgehead atoms. The molecule has 5 heteroatoms. The number of amides is 1. The summed E-state index contributed by atoms with van der Waals surface area (Å²) in [5, 5.41) is 11.6. The predicted octanol–water partition coefficient (Wildman–Crippen LogP) is 4.57. The lowest BCUT2D eigenvalue weighted by Gasteiger charge is -2.22. The lowest BCUT2D eigenvalue weighted by atomic mass is 10.0. The molecule has 1 rings (SSSR count). The van der Waals surface area contributed by atoms with Gasteiger partial charge < -0.3 is 15.2 Å². The Kier molecular flexibility index (Phi) is 12.5. The number of nitrogens with one attached hydrogen (secondary N) is 1. The zero-order chi connectivity index (χ0) is 19.3. The van der Waals surface area contributed by atoms with Crippen LogP contribution in [0.3, 0.4) is 0 Å². The first kappa shape index (κ1) is 24.2. The minimum Gasteiger partial charge on any atom is -0.480 e. The molecule has 5 nitrogen and oxygen atoms in total. The second-order valence-corrected chi connectivity index (χ2v) is 5.73. The number of ether oxygens (including phenoxy) is 1. The molecule has 0 radical (unpaired) electrons. The van der Waals surface area contributed by atoms with Crippen molar-refractivity contribution < 1.29 is 19.4 Å². The molecule has 1 aromatic rings. The molecular formula is C19H33NO4. The molecule has 0 fully saturated rings. The Morgan fingerprint density at radius 2 is 1.71 bits per heavy atom. The molecule has 0 aromatic heterocycles. The molecule has 1 aromatic carbocycles. The molecular weight excluding hydrogens is 306 g/mol. The predicted molar refractivity (Wildman–Crippen MR) is 98.4 cm³/mol. The number of hydrogen-bond acceptors (Lipinski definition) is 3. The maximum atomic E-state index is 11.6. The lowest BCUT2D eigenvalue weighted by Crippen LogP contribution is -2.44. The zero-order valence-corrected chi connectivity index (χ0v) is 16.3. The summed E-state index contributed by atoms with van der Waals surface area (Å²) in [5.41, 5.74) is 1.24. The van der Waals surface area contributed by atoms with Crippen LogP contribution in [0.15, 0.2) is 24.3 Å². The highest BCUT2D eigenvalue weighted by atomic mass is 16.6. The van der Waals surface area contributed by atoms with Crippen molar-refractivity contribution in [3.05, 3.63) is 35.4 Å². The summed E-state index contributed by atoms with van der Waals surface area (Å²) in [6.07, 6.45) is -0.506. The van der Waals surface area contributed by atoms with Gasteiger partial charge in [0.1, 0.15) is 11.6 Å². The quantitative estimate of drug-likeness (QED) is 0.842. The van der Waals surface area contributed by atoms with Gasteiger partial charge in [0, 0.05) is 6.42 Å². The highest BCUT2D eigenvalue weighted by molar-refractivity contribution is 5.80. The molecule has 2 N–H and O–H groups in total. The fourth-order valence-corrected chi connectivity index (χ4v) is 1.72. The minimum atomic E-state index is -1.09. The number of alkyl carbamates (subject to hydrolysis) is 1. The van der Waals surface area contributed by atoms with E-state index in [-0.39, 0.29) is 6.42 Å². The van der Waals surface area contributed by atoms with Gasteiger partial charge in [-0.05, 0) is 33.3 Å². The SMILES string of the molecule is CC.CC.Cc1cccc(CC(NC(=O)OC(C)(C)C)C(=O)O)c1. The highest BCUT2D eigenvalue weighted by Crippen LogP contribution is 2.10. The van der Waals surface area contributed by atoms with E-state index in [0.29, 0.717) is 0 Å². The molecule has 1 amide bonds. The third-order valence-corrected chi connectivity index (χ3v) is 2.51. The molecule has 1 unspecified atom stereocenters. The molecule has 0 saturated heterocycles. The van der Waals surface area contributed by atoms with Crippen LogP contribution in [0, 0.1) is 6.92 Å². The third kappa shape index (κ3) is 11.5. The van der Waals surface area contributed by atoms with Crippen LogP contribution in [-0.4, -0.2) is 28.8 Å². The van der Waals surface area contributed by atoms with Crippen molar-refractivity contribution in [1.82, 2.24) is 5.32 Å². The van der Waals surface area contributed by atoms with Crippen molar-refractivity contribution in [2.24, 2.45) is 0 Å². The summed E-state index contributed by atoms with van der Waals surface area (Å²) in [7, 11) is 0. The van der Waals surface area contributed by atoms with Gasteiger partial charge in [-0.2, -0.15) is 0 Å². The van der Waals surface area contributed by atoms with Gasteiger partial charge >= 0.3 is 12.1 Å². The molecule has 0 aliphatic rings. The van der Waals surface area contributed by atoms with E-state index in [2.05, 4.69) is 5.32 Å². The number of carboxylic acid groups (broad SMARTS) is 1. The van der Waals surface area contributed by atoms with E-state index in [1.807, 2.05) is 58.9 Å². The van der Waals surface area contributed by atoms with Crippen LogP contribution in [0.5, 0.6) is 0 Å². The highest BCUT2D eigenvalue weighted by Gasteiger charge is 2.24. The summed E-state index contributed by atoms with van der Waals surface area (Å²) >= 11 is 0. The first-order chi connectivity index (χ1) is 11.2. The molecule has 0 aliphatic heterocycles. The van der Waals surface area contributed by atoms with Crippen LogP contribution in [0.1, 0.15) is 59.6 Å². The van der Waals surface area contributed by atoms with E-state index in [4.69, 9.17) is 4.74 Å². The molecule has 138 valence electrons. The second kappa shape index (κ2) is 12.4. The summed E-state index contributed by atoms with van der Waals surface area (Å²) in [6, 6.07) is 6.51. The standard InChI is InChI=1S/C15H21NO4.2C2H6/c1-10-6-5-7-11(8-10)9-12(13(17)18)16-14(19)20-15(2,3)4;2*1-2/h5-8,12H,9H2,1-4H3,(H,16,19)(H,17,18);2*1-2H3. The van der Waals surface area contributed by atoms with E-state index >= 15 is 0 Å². The van der Waals surface area contributed by atoms with E-state index in [9.17, 15) is 14.7 Å². The second-order valence-electron chi connectivity index (χ2n) is 5.73. The summed E-state index contributed by atoms with van der Waals surface area (Å²) in [6.45, 7) is 15.1. The van der Waals surface area contributed by atoms with Crippen LogP contribution in [0.2, 0.25) is 0 Å². The zero-order valence-electron chi connectivity index (χ0n) is 16.3. The van der Waals surface area contributed by atoms with Gasteiger partial charge in [0.15, 0.2) is 0 Å². The van der Waals surface area contributed by atoms with Crippen molar-refractivity contribution in [3.63, 3.8) is 0 Å². The number of hydrogen-bond donors (Lipinski definition) is 2. The average Bonchev–Trinajstić information content (AvgIpc) is 2.49. The van der Waals surface area contributed by atoms with Gasteiger partial charge in [-0.15, -0.1) is 0 Å². The molecule has 0 spiro atoms. The van der Waals surface area contributed by atoms with Crippen molar-refractivity contribution in [1.29, 1.82) is 0 Å². The first-order valence-corrected chi connectivity index (χ1v) is 8.45. The van der Waals surface area contributed by atoms with Crippen LogP contribution < -0.4 is 5.32 Å². The monoisotopic (exact) mass is 339 g/mol. The third-order valence-electron chi connectivity index (χ3n) is 2.51. The van der Waals surface area contributed by atoms with Crippen molar-refractivity contribution in [2.45, 2.75) is 73.5 Å². The maximum absolute atomic E-state index is 11.6. The van der Waals surface area contributed by atoms with Crippen LogP contribution in [0.4, 0.5) is 4.79 Å². The summed E-state index contributed by atoms with van der Waals surface area (Å²) in [4.78, 5) is 22.9.